The molecule has 0 saturated heterocycles. The summed E-state index contributed by atoms with van der Waals surface area (Å²) in [4.78, 5) is 1.78. The molecular weight excluding hydrogens is 322 g/mol. The third-order valence-electron chi connectivity index (χ3n) is 4.59. The first-order valence-corrected chi connectivity index (χ1v) is 9.16. The molecule has 0 unspecified atom stereocenters. The van der Waals surface area contributed by atoms with Gasteiger partial charge in [-0.05, 0) is 66.1 Å². The number of benzene rings is 2. The molecule has 1 fully saturated rings. The van der Waals surface area contributed by atoms with Gasteiger partial charge in [-0.1, -0.05) is 31.2 Å². The highest BCUT2D eigenvalue weighted by Gasteiger charge is 2.23. The van der Waals surface area contributed by atoms with E-state index in [0.29, 0.717) is 16.4 Å². The molecule has 3 aromatic rings. The van der Waals surface area contributed by atoms with Crippen molar-refractivity contribution < 1.29 is 8.78 Å². The fourth-order valence-corrected chi connectivity index (χ4v) is 4.04. The maximum atomic E-state index is 14.6. The third kappa shape index (κ3) is 2.89. The van der Waals surface area contributed by atoms with Gasteiger partial charge in [-0.25, -0.2) is 8.78 Å². The van der Waals surface area contributed by atoms with E-state index >= 15 is 0 Å². The molecule has 0 aliphatic heterocycles. The lowest BCUT2D eigenvalue weighted by Gasteiger charge is -2.08. The van der Waals surface area contributed by atoms with E-state index in [1.165, 1.54) is 41.9 Å². The minimum atomic E-state index is -0.499. The Morgan fingerprint density at radius 2 is 1.58 bits per heavy atom. The van der Waals surface area contributed by atoms with E-state index in [4.69, 9.17) is 0 Å². The third-order valence-corrected chi connectivity index (χ3v) is 5.84. The van der Waals surface area contributed by atoms with Crippen molar-refractivity contribution in [3.63, 3.8) is 0 Å². The molecule has 0 nitrogen and oxygen atoms in total. The first-order valence-electron chi connectivity index (χ1n) is 8.34. The van der Waals surface area contributed by atoms with Crippen LogP contribution in [0.2, 0.25) is 0 Å². The SMILES string of the molecule is CCc1ccc(-c2c(F)cc(-c3ccc(C4CC4)cc3)cc2F)s1. The van der Waals surface area contributed by atoms with E-state index in [2.05, 4.69) is 12.1 Å². The Hall–Kier alpha value is -2.00. The van der Waals surface area contributed by atoms with Crippen molar-refractivity contribution in [1.29, 1.82) is 0 Å². The van der Waals surface area contributed by atoms with E-state index in [0.717, 1.165) is 16.9 Å². The molecule has 0 spiro atoms. The normalized spacial score (nSPS) is 14.1. The quantitative estimate of drug-likeness (QED) is 0.490. The summed E-state index contributed by atoms with van der Waals surface area (Å²) in [6.45, 7) is 2.04. The van der Waals surface area contributed by atoms with Crippen LogP contribution in [-0.4, -0.2) is 0 Å². The zero-order chi connectivity index (χ0) is 16.7. The number of rotatable bonds is 4. The van der Waals surface area contributed by atoms with Crippen LogP contribution in [0.5, 0.6) is 0 Å². The van der Waals surface area contributed by atoms with E-state index in [9.17, 15) is 8.78 Å². The fourth-order valence-electron chi connectivity index (χ4n) is 3.04. The van der Waals surface area contributed by atoms with Crippen molar-refractivity contribution >= 4 is 11.3 Å². The van der Waals surface area contributed by atoms with Gasteiger partial charge in [0.15, 0.2) is 0 Å². The summed E-state index contributed by atoms with van der Waals surface area (Å²) in [5.74, 6) is -0.317. The van der Waals surface area contributed by atoms with E-state index in [1.807, 2.05) is 25.1 Å². The Kier molecular flexibility index (Phi) is 3.97. The lowest BCUT2D eigenvalue weighted by atomic mass is 10.00. The predicted octanol–water partition coefficient (Wildman–Crippen LogP) is 6.80. The van der Waals surface area contributed by atoms with Crippen LogP contribution in [0.3, 0.4) is 0 Å². The minimum Gasteiger partial charge on any atom is -0.206 e. The number of hydrogen-bond acceptors (Lipinski definition) is 1. The van der Waals surface area contributed by atoms with Crippen molar-refractivity contribution in [3.8, 4) is 21.6 Å². The number of aryl methyl sites for hydroxylation is 1. The number of halogens is 2. The molecule has 24 heavy (non-hydrogen) atoms. The largest absolute Gasteiger partial charge is 0.206 e. The van der Waals surface area contributed by atoms with E-state index in [1.54, 1.807) is 6.07 Å². The van der Waals surface area contributed by atoms with Crippen LogP contribution in [0.25, 0.3) is 21.6 Å². The van der Waals surface area contributed by atoms with Crippen LogP contribution in [0.1, 0.15) is 36.1 Å². The highest BCUT2D eigenvalue weighted by molar-refractivity contribution is 7.15. The second-order valence-corrected chi connectivity index (χ2v) is 7.50. The number of hydrogen-bond donors (Lipinski definition) is 0. The Bertz CT molecular complexity index is 850. The van der Waals surface area contributed by atoms with E-state index in [-0.39, 0.29) is 5.56 Å². The monoisotopic (exact) mass is 340 g/mol. The lowest BCUT2D eigenvalue weighted by molar-refractivity contribution is 0.591. The molecule has 3 heteroatoms. The molecule has 4 rings (SSSR count). The molecule has 1 heterocycles. The van der Waals surface area contributed by atoms with Crippen molar-refractivity contribution in [1.82, 2.24) is 0 Å². The van der Waals surface area contributed by atoms with Gasteiger partial charge in [0.1, 0.15) is 11.6 Å². The number of thiophene rings is 1. The Morgan fingerprint density at radius 3 is 2.12 bits per heavy atom. The average molecular weight is 340 g/mol. The molecule has 122 valence electrons. The smallest absolute Gasteiger partial charge is 0.135 e. The van der Waals surface area contributed by atoms with Gasteiger partial charge in [-0.3, -0.25) is 0 Å². The van der Waals surface area contributed by atoms with Gasteiger partial charge >= 0.3 is 0 Å². The van der Waals surface area contributed by atoms with Gasteiger partial charge in [0.2, 0.25) is 0 Å². The van der Waals surface area contributed by atoms with Crippen molar-refractivity contribution in [3.05, 3.63) is 70.6 Å². The van der Waals surface area contributed by atoms with Crippen LogP contribution in [0.4, 0.5) is 8.78 Å². The molecule has 0 bridgehead atoms. The molecule has 1 saturated carbocycles. The summed E-state index contributed by atoms with van der Waals surface area (Å²) in [5, 5.41) is 0. The molecule has 0 N–H and O–H groups in total. The first kappa shape index (κ1) is 15.5. The summed E-state index contributed by atoms with van der Waals surface area (Å²) in [6.07, 6.45) is 3.37. The van der Waals surface area contributed by atoms with Crippen LogP contribution in [0.15, 0.2) is 48.5 Å². The van der Waals surface area contributed by atoms with Crippen LogP contribution in [-0.2, 0) is 6.42 Å². The zero-order valence-electron chi connectivity index (χ0n) is 13.5. The van der Waals surface area contributed by atoms with Crippen molar-refractivity contribution in [2.75, 3.05) is 0 Å². The summed E-state index contributed by atoms with van der Waals surface area (Å²) in [7, 11) is 0. The molecule has 1 aliphatic rings. The van der Waals surface area contributed by atoms with Crippen LogP contribution >= 0.6 is 11.3 Å². The maximum absolute atomic E-state index is 14.6. The molecule has 1 aromatic heterocycles. The standard InChI is InChI=1S/C21H18F2S/c1-2-17-9-10-20(24-17)21-18(22)11-16(12-19(21)23)15-7-5-14(6-8-15)13-3-4-13/h5-13H,2-4H2,1H3. The second-order valence-electron chi connectivity index (χ2n) is 6.33. The molecule has 0 atom stereocenters. The Labute approximate surface area is 144 Å². The second kappa shape index (κ2) is 6.14. The summed E-state index contributed by atoms with van der Waals surface area (Å²) < 4.78 is 29.2. The average Bonchev–Trinajstić information content (AvgIpc) is 3.33. The molecule has 0 amide bonds. The van der Waals surface area contributed by atoms with Gasteiger partial charge in [0, 0.05) is 9.75 Å². The van der Waals surface area contributed by atoms with Gasteiger partial charge in [-0.2, -0.15) is 0 Å². The zero-order valence-corrected chi connectivity index (χ0v) is 14.3. The van der Waals surface area contributed by atoms with Crippen LogP contribution < -0.4 is 0 Å². The lowest BCUT2D eigenvalue weighted by Crippen LogP contribution is -1.91. The van der Waals surface area contributed by atoms with Gasteiger partial charge in [-0.15, -0.1) is 11.3 Å². The highest BCUT2D eigenvalue weighted by atomic mass is 32.1. The highest BCUT2D eigenvalue weighted by Crippen LogP contribution is 2.41. The van der Waals surface area contributed by atoms with Gasteiger partial charge in [0.25, 0.3) is 0 Å². The summed E-state index contributed by atoms with van der Waals surface area (Å²) in [5.41, 5.74) is 2.84. The molecule has 1 aliphatic carbocycles. The van der Waals surface area contributed by atoms with E-state index < -0.39 is 11.6 Å². The van der Waals surface area contributed by atoms with Crippen molar-refractivity contribution in [2.24, 2.45) is 0 Å². The van der Waals surface area contributed by atoms with Gasteiger partial charge < -0.3 is 0 Å². The Balaban J connectivity index is 1.70. The molecular formula is C21H18F2S. The van der Waals surface area contributed by atoms with Crippen molar-refractivity contribution in [2.45, 2.75) is 32.1 Å². The summed E-state index contributed by atoms with van der Waals surface area (Å²) in [6, 6.07) is 14.7. The predicted molar refractivity (Wildman–Crippen MR) is 96.5 cm³/mol. The minimum absolute atomic E-state index is 0.0815. The Morgan fingerprint density at radius 1 is 0.917 bits per heavy atom. The van der Waals surface area contributed by atoms with Crippen LogP contribution in [0, 0.1) is 11.6 Å². The molecule has 2 aromatic carbocycles. The first-order chi connectivity index (χ1) is 11.7. The maximum Gasteiger partial charge on any atom is 0.135 e. The van der Waals surface area contributed by atoms with Gasteiger partial charge in [0.05, 0.1) is 5.56 Å². The molecule has 0 radical (unpaired) electrons. The fraction of sp³-hybridized carbons (Fsp3) is 0.238. The topological polar surface area (TPSA) is 0 Å². The summed E-state index contributed by atoms with van der Waals surface area (Å²) >= 11 is 1.45.